The molecule has 0 spiro atoms. The molecular weight excluding hydrogens is 402 g/mol. The number of ether oxygens (including phenoxy) is 2. The summed E-state index contributed by atoms with van der Waals surface area (Å²) >= 11 is 1.61. The lowest BCUT2D eigenvalue weighted by atomic mass is 10.2. The molecule has 2 N–H and O–H groups in total. The number of nitrogens with one attached hydrogen (secondary N) is 2. The number of hydrogen-bond acceptors (Lipinski definition) is 6. The van der Waals surface area contributed by atoms with Gasteiger partial charge in [0.15, 0.2) is 11.5 Å². The maximum absolute atomic E-state index is 12.4. The second-order valence-corrected chi connectivity index (χ2v) is 7.10. The third kappa shape index (κ3) is 5.36. The van der Waals surface area contributed by atoms with Crippen molar-refractivity contribution < 1.29 is 19.1 Å². The zero-order valence-corrected chi connectivity index (χ0v) is 17.6. The van der Waals surface area contributed by atoms with E-state index < -0.39 is 5.91 Å². The Morgan fingerprint density at radius 2 is 1.83 bits per heavy atom. The van der Waals surface area contributed by atoms with Crippen LogP contribution in [0.15, 0.2) is 52.9 Å². The summed E-state index contributed by atoms with van der Waals surface area (Å²) in [6.45, 7) is 4.47. The van der Waals surface area contributed by atoms with Crippen LogP contribution in [0.3, 0.4) is 0 Å². The largest absolute Gasteiger partial charge is 0.490 e. The summed E-state index contributed by atoms with van der Waals surface area (Å²) in [5.41, 5.74) is 3.73. The SMILES string of the molecule is CCOc1ccc(C(=O)NCC(=O)N/N=C/c2csc3ccccc23)cc1OCC. The van der Waals surface area contributed by atoms with Crippen molar-refractivity contribution in [1.29, 1.82) is 0 Å². The lowest BCUT2D eigenvalue weighted by Gasteiger charge is -2.12. The quantitative estimate of drug-likeness (QED) is 0.405. The molecule has 1 aromatic heterocycles. The molecule has 0 unspecified atom stereocenters. The van der Waals surface area contributed by atoms with E-state index >= 15 is 0 Å². The molecule has 156 valence electrons. The maximum Gasteiger partial charge on any atom is 0.259 e. The smallest absolute Gasteiger partial charge is 0.259 e. The van der Waals surface area contributed by atoms with Gasteiger partial charge in [0.2, 0.25) is 0 Å². The van der Waals surface area contributed by atoms with Crippen molar-refractivity contribution in [2.75, 3.05) is 19.8 Å². The highest BCUT2D eigenvalue weighted by Crippen LogP contribution is 2.28. The highest BCUT2D eigenvalue weighted by molar-refractivity contribution is 7.17. The second kappa shape index (κ2) is 10.4. The van der Waals surface area contributed by atoms with Gasteiger partial charge in [-0.1, -0.05) is 18.2 Å². The Bertz CT molecular complexity index is 1060. The molecule has 1 heterocycles. The average Bonchev–Trinajstić information content (AvgIpc) is 3.17. The summed E-state index contributed by atoms with van der Waals surface area (Å²) in [6.07, 6.45) is 1.60. The molecule has 2 aromatic carbocycles. The van der Waals surface area contributed by atoms with E-state index in [1.54, 1.807) is 35.8 Å². The summed E-state index contributed by atoms with van der Waals surface area (Å²) in [7, 11) is 0. The Labute approximate surface area is 178 Å². The fourth-order valence-corrected chi connectivity index (χ4v) is 3.68. The predicted octanol–water partition coefficient (Wildman–Crippen LogP) is 3.58. The van der Waals surface area contributed by atoms with Crippen LogP contribution in [-0.2, 0) is 4.79 Å². The summed E-state index contributed by atoms with van der Waals surface area (Å²) < 4.78 is 12.2. The molecule has 8 heteroatoms. The number of fused-ring (bicyclic) bond motifs is 1. The minimum atomic E-state index is -0.421. The summed E-state index contributed by atoms with van der Waals surface area (Å²) in [6, 6.07) is 12.9. The maximum atomic E-state index is 12.4. The van der Waals surface area contributed by atoms with Gasteiger partial charge < -0.3 is 14.8 Å². The molecule has 0 bridgehead atoms. The second-order valence-electron chi connectivity index (χ2n) is 6.19. The van der Waals surface area contributed by atoms with Gasteiger partial charge in [0.05, 0.1) is 26.0 Å². The lowest BCUT2D eigenvalue weighted by Crippen LogP contribution is -2.34. The van der Waals surface area contributed by atoms with E-state index in [1.807, 2.05) is 43.5 Å². The van der Waals surface area contributed by atoms with Crippen LogP contribution in [0.25, 0.3) is 10.1 Å². The fraction of sp³-hybridized carbons (Fsp3) is 0.227. The molecule has 0 saturated heterocycles. The first-order valence-corrected chi connectivity index (χ1v) is 10.5. The van der Waals surface area contributed by atoms with Crippen LogP contribution in [-0.4, -0.2) is 37.8 Å². The first-order chi connectivity index (χ1) is 14.6. The van der Waals surface area contributed by atoms with Gasteiger partial charge in [-0.2, -0.15) is 5.10 Å². The molecule has 30 heavy (non-hydrogen) atoms. The van der Waals surface area contributed by atoms with Gasteiger partial charge in [-0.3, -0.25) is 9.59 Å². The zero-order chi connectivity index (χ0) is 21.3. The molecule has 0 aliphatic carbocycles. The average molecular weight is 426 g/mol. The molecule has 7 nitrogen and oxygen atoms in total. The number of thiophene rings is 1. The molecular formula is C22H23N3O4S. The lowest BCUT2D eigenvalue weighted by molar-refractivity contribution is -0.120. The van der Waals surface area contributed by atoms with Gasteiger partial charge in [0.1, 0.15) is 0 Å². The number of hydrogen-bond donors (Lipinski definition) is 2. The predicted molar refractivity (Wildman–Crippen MR) is 119 cm³/mol. The van der Waals surface area contributed by atoms with Crippen LogP contribution in [0.4, 0.5) is 0 Å². The van der Waals surface area contributed by atoms with Crippen LogP contribution in [0.1, 0.15) is 29.8 Å². The van der Waals surface area contributed by atoms with Gasteiger partial charge in [0.25, 0.3) is 11.8 Å². The number of amides is 2. The number of carbonyl (C=O) groups excluding carboxylic acids is 2. The Hall–Kier alpha value is -3.39. The third-order valence-electron chi connectivity index (χ3n) is 4.12. The topological polar surface area (TPSA) is 89.0 Å². The molecule has 0 fully saturated rings. The van der Waals surface area contributed by atoms with E-state index in [0.717, 1.165) is 15.6 Å². The summed E-state index contributed by atoms with van der Waals surface area (Å²) in [5.74, 6) is 0.255. The van der Waals surface area contributed by atoms with Gasteiger partial charge in [-0.15, -0.1) is 11.3 Å². The summed E-state index contributed by atoms with van der Waals surface area (Å²) in [4.78, 5) is 24.4. The molecule has 3 rings (SSSR count). The van der Waals surface area contributed by atoms with Crippen molar-refractivity contribution in [2.24, 2.45) is 5.10 Å². The number of carbonyl (C=O) groups is 2. The van der Waals surface area contributed by atoms with Crippen molar-refractivity contribution >= 4 is 39.5 Å². The van der Waals surface area contributed by atoms with Crippen LogP contribution in [0.2, 0.25) is 0 Å². The normalized spacial score (nSPS) is 10.9. The van der Waals surface area contributed by atoms with Crippen molar-refractivity contribution in [2.45, 2.75) is 13.8 Å². The van der Waals surface area contributed by atoms with Crippen molar-refractivity contribution in [3.05, 3.63) is 59.0 Å². The first kappa shape index (κ1) is 21.3. The first-order valence-electron chi connectivity index (χ1n) is 9.58. The Balaban J connectivity index is 1.54. The minimum Gasteiger partial charge on any atom is -0.490 e. The number of benzene rings is 2. The van der Waals surface area contributed by atoms with Crippen molar-refractivity contribution in [3.63, 3.8) is 0 Å². The molecule has 0 aliphatic heterocycles. The minimum absolute atomic E-state index is 0.197. The molecule has 3 aromatic rings. The third-order valence-corrected chi connectivity index (χ3v) is 5.10. The van der Waals surface area contributed by atoms with Crippen LogP contribution < -0.4 is 20.2 Å². The highest BCUT2D eigenvalue weighted by Gasteiger charge is 2.12. The Morgan fingerprint density at radius 3 is 2.63 bits per heavy atom. The van der Waals surface area contributed by atoms with Crippen molar-refractivity contribution in [3.8, 4) is 11.5 Å². The molecule has 0 saturated carbocycles. The zero-order valence-electron chi connectivity index (χ0n) is 16.8. The van der Waals surface area contributed by atoms with E-state index in [4.69, 9.17) is 9.47 Å². The molecule has 0 atom stereocenters. The molecule has 0 aliphatic rings. The number of rotatable bonds is 9. The van der Waals surface area contributed by atoms with Crippen molar-refractivity contribution in [1.82, 2.24) is 10.7 Å². The number of hydrazone groups is 1. The van der Waals surface area contributed by atoms with E-state index in [2.05, 4.69) is 15.8 Å². The van der Waals surface area contributed by atoms with Gasteiger partial charge >= 0.3 is 0 Å². The Kier molecular flexibility index (Phi) is 7.40. The van der Waals surface area contributed by atoms with E-state index in [9.17, 15) is 9.59 Å². The monoisotopic (exact) mass is 425 g/mol. The van der Waals surface area contributed by atoms with E-state index in [1.165, 1.54) is 0 Å². The van der Waals surface area contributed by atoms with Crippen LogP contribution in [0, 0.1) is 0 Å². The Morgan fingerprint density at radius 1 is 1.07 bits per heavy atom. The van der Waals surface area contributed by atoms with E-state index in [-0.39, 0.29) is 12.5 Å². The van der Waals surface area contributed by atoms with Crippen LogP contribution >= 0.6 is 11.3 Å². The highest BCUT2D eigenvalue weighted by atomic mass is 32.1. The number of nitrogens with zero attached hydrogens (tertiary/aromatic N) is 1. The summed E-state index contributed by atoms with van der Waals surface area (Å²) in [5, 5.41) is 9.61. The van der Waals surface area contributed by atoms with E-state index in [0.29, 0.717) is 30.3 Å². The van der Waals surface area contributed by atoms with Gasteiger partial charge in [-0.25, -0.2) is 5.43 Å². The fourth-order valence-electron chi connectivity index (χ4n) is 2.77. The standard InChI is InChI=1S/C22H23N3O4S/c1-3-28-18-10-9-15(11-19(18)29-4-2)22(27)23-13-21(26)25-24-12-16-14-30-20-8-6-5-7-17(16)20/h5-12,14H,3-4,13H2,1-2H3,(H,23,27)(H,25,26)/b24-12+. The van der Waals surface area contributed by atoms with Gasteiger partial charge in [0, 0.05) is 26.6 Å². The van der Waals surface area contributed by atoms with Gasteiger partial charge in [-0.05, 0) is 38.1 Å². The molecule has 0 radical (unpaired) electrons. The molecule has 2 amide bonds. The van der Waals surface area contributed by atoms with Crippen LogP contribution in [0.5, 0.6) is 11.5 Å².